The Labute approximate surface area is 144 Å². The predicted molar refractivity (Wildman–Crippen MR) is 96.1 cm³/mol. The van der Waals surface area contributed by atoms with Crippen molar-refractivity contribution in [1.82, 2.24) is 15.5 Å². The lowest BCUT2D eigenvalue weighted by Gasteiger charge is -2.29. The second-order valence-corrected chi connectivity index (χ2v) is 6.46. The third-order valence-electron chi connectivity index (χ3n) is 4.33. The van der Waals surface area contributed by atoms with Gasteiger partial charge in [-0.15, -0.1) is 0 Å². The molecule has 134 valence electrons. The Kier molecular flexibility index (Phi) is 7.31. The molecule has 0 saturated carbocycles. The lowest BCUT2D eigenvalue weighted by Crippen LogP contribution is -2.44. The number of piperidine rings is 1. The third kappa shape index (κ3) is 6.35. The maximum absolute atomic E-state index is 12.9. The van der Waals surface area contributed by atoms with Gasteiger partial charge in [-0.05, 0) is 70.1 Å². The molecule has 1 aliphatic rings. The predicted octanol–water partition coefficient (Wildman–Crippen LogP) is 2.10. The fraction of sp³-hybridized carbons (Fsp3) is 0.611. The SMILES string of the molecule is CN=C(NCC1CCN(C)CC1)NCC(C)Oc1ccc(F)cc1. The summed E-state index contributed by atoms with van der Waals surface area (Å²) in [6, 6.07) is 6.08. The number of hydrogen-bond donors (Lipinski definition) is 2. The Morgan fingerprint density at radius 1 is 1.29 bits per heavy atom. The normalized spacial score (nSPS) is 18.2. The van der Waals surface area contributed by atoms with Gasteiger partial charge in [0.05, 0.1) is 6.54 Å². The van der Waals surface area contributed by atoms with Crippen LogP contribution in [0.3, 0.4) is 0 Å². The smallest absolute Gasteiger partial charge is 0.191 e. The molecular weight excluding hydrogens is 307 g/mol. The van der Waals surface area contributed by atoms with Crippen molar-refractivity contribution in [3.63, 3.8) is 0 Å². The lowest BCUT2D eigenvalue weighted by atomic mass is 9.97. The second kappa shape index (κ2) is 9.47. The van der Waals surface area contributed by atoms with E-state index in [1.165, 1.54) is 38.1 Å². The molecule has 2 rings (SSSR count). The second-order valence-electron chi connectivity index (χ2n) is 6.46. The summed E-state index contributed by atoms with van der Waals surface area (Å²) >= 11 is 0. The first-order valence-corrected chi connectivity index (χ1v) is 8.62. The first kappa shape index (κ1) is 18.5. The Hall–Kier alpha value is -1.82. The summed E-state index contributed by atoms with van der Waals surface area (Å²) in [5.74, 6) is 1.91. The van der Waals surface area contributed by atoms with Crippen LogP contribution >= 0.6 is 0 Å². The summed E-state index contributed by atoms with van der Waals surface area (Å²) in [6.45, 7) is 5.88. The number of hydrogen-bond acceptors (Lipinski definition) is 3. The molecule has 1 heterocycles. The fourth-order valence-corrected chi connectivity index (χ4v) is 2.76. The van der Waals surface area contributed by atoms with Gasteiger partial charge < -0.3 is 20.3 Å². The zero-order chi connectivity index (χ0) is 17.4. The maximum atomic E-state index is 12.9. The topological polar surface area (TPSA) is 48.9 Å². The molecule has 1 fully saturated rings. The number of halogens is 1. The molecule has 6 heteroatoms. The number of likely N-dealkylation sites (tertiary alicyclic amines) is 1. The first-order chi connectivity index (χ1) is 11.6. The molecular formula is C18H29FN4O. The Morgan fingerprint density at radius 3 is 2.58 bits per heavy atom. The lowest BCUT2D eigenvalue weighted by molar-refractivity contribution is 0.218. The van der Waals surface area contributed by atoms with Gasteiger partial charge in [0.1, 0.15) is 17.7 Å². The highest BCUT2D eigenvalue weighted by atomic mass is 19.1. The van der Waals surface area contributed by atoms with Gasteiger partial charge in [-0.25, -0.2) is 4.39 Å². The van der Waals surface area contributed by atoms with Crippen molar-refractivity contribution < 1.29 is 9.13 Å². The summed E-state index contributed by atoms with van der Waals surface area (Å²) in [5, 5.41) is 6.67. The third-order valence-corrected chi connectivity index (χ3v) is 4.33. The van der Waals surface area contributed by atoms with Crippen molar-refractivity contribution in [1.29, 1.82) is 0 Å². The van der Waals surface area contributed by atoms with Gasteiger partial charge in [0.25, 0.3) is 0 Å². The van der Waals surface area contributed by atoms with Crippen molar-refractivity contribution in [3.05, 3.63) is 30.1 Å². The molecule has 2 N–H and O–H groups in total. The average molecular weight is 336 g/mol. The number of aliphatic imine (C=N–C) groups is 1. The number of benzene rings is 1. The van der Waals surface area contributed by atoms with Gasteiger partial charge in [-0.2, -0.15) is 0 Å². The van der Waals surface area contributed by atoms with Crippen molar-refractivity contribution >= 4 is 5.96 Å². The molecule has 1 saturated heterocycles. The minimum atomic E-state index is -0.258. The molecule has 0 amide bonds. The van der Waals surface area contributed by atoms with Crippen LogP contribution in [0.5, 0.6) is 5.75 Å². The van der Waals surface area contributed by atoms with Crippen molar-refractivity contribution in [2.24, 2.45) is 10.9 Å². The van der Waals surface area contributed by atoms with Crippen molar-refractivity contribution in [2.75, 3.05) is 40.3 Å². The highest BCUT2D eigenvalue weighted by molar-refractivity contribution is 5.79. The molecule has 0 radical (unpaired) electrons. The summed E-state index contributed by atoms with van der Waals surface area (Å²) in [5.41, 5.74) is 0. The van der Waals surface area contributed by atoms with E-state index in [-0.39, 0.29) is 11.9 Å². The van der Waals surface area contributed by atoms with E-state index in [0.717, 1.165) is 12.5 Å². The van der Waals surface area contributed by atoms with Gasteiger partial charge in [0.15, 0.2) is 5.96 Å². The van der Waals surface area contributed by atoms with Crippen molar-refractivity contribution in [2.45, 2.75) is 25.9 Å². The van der Waals surface area contributed by atoms with E-state index in [4.69, 9.17) is 4.74 Å². The highest BCUT2D eigenvalue weighted by Gasteiger charge is 2.16. The standard InChI is InChI=1S/C18H29FN4O/c1-14(24-17-6-4-16(19)5-7-17)12-21-18(20-2)22-13-15-8-10-23(3)11-9-15/h4-7,14-15H,8-13H2,1-3H3,(H2,20,21,22). The van der Waals surface area contributed by atoms with E-state index in [1.807, 2.05) is 6.92 Å². The van der Waals surface area contributed by atoms with Crippen LogP contribution in [0.1, 0.15) is 19.8 Å². The Bertz CT molecular complexity index is 512. The zero-order valence-corrected chi connectivity index (χ0v) is 14.9. The monoisotopic (exact) mass is 336 g/mol. The summed E-state index contributed by atoms with van der Waals surface area (Å²) < 4.78 is 18.6. The molecule has 1 aromatic carbocycles. The van der Waals surface area contributed by atoms with Crippen LogP contribution in [0.2, 0.25) is 0 Å². The number of guanidine groups is 1. The molecule has 0 aromatic heterocycles. The van der Waals surface area contributed by atoms with E-state index >= 15 is 0 Å². The quantitative estimate of drug-likeness (QED) is 0.617. The first-order valence-electron chi connectivity index (χ1n) is 8.62. The summed E-state index contributed by atoms with van der Waals surface area (Å²) in [6.07, 6.45) is 2.41. The van der Waals surface area contributed by atoms with Crippen LogP contribution in [0, 0.1) is 11.7 Å². The van der Waals surface area contributed by atoms with Gasteiger partial charge in [0.2, 0.25) is 0 Å². The molecule has 1 atom stereocenters. The van der Waals surface area contributed by atoms with Crippen LogP contribution in [-0.2, 0) is 0 Å². The molecule has 1 unspecified atom stereocenters. The van der Waals surface area contributed by atoms with Gasteiger partial charge >= 0.3 is 0 Å². The maximum Gasteiger partial charge on any atom is 0.191 e. The molecule has 0 aliphatic carbocycles. The number of nitrogens with zero attached hydrogens (tertiary/aromatic N) is 2. The minimum Gasteiger partial charge on any atom is -0.489 e. The van der Waals surface area contributed by atoms with E-state index in [0.29, 0.717) is 18.2 Å². The van der Waals surface area contributed by atoms with E-state index < -0.39 is 0 Å². The fourth-order valence-electron chi connectivity index (χ4n) is 2.76. The zero-order valence-electron chi connectivity index (χ0n) is 14.9. The summed E-state index contributed by atoms with van der Waals surface area (Å²) in [7, 11) is 3.95. The van der Waals surface area contributed by atoms with Gasteiger partial charge in [0, 0.05) is 13.6 Å². The molecule has 0 bridgehead atoms. The van der Waals surface area contributed by atoms with Crippen LogP contribution in [0.15, 0.2) is 29.3 Å². The van der Waals surface area contributed by atoms with Crippen LogP contribution in [0.4, 0.5) is 4.39 Å². The number of rotatable bonds is 6. The van der Waals surface area contributed by atoms with Crippen LogP contribution in [0.25, 0.3) is 0 Å². The van der Waals surface area contributed by atoms with E-state index in [1.54, 1.807) is 19.2 Å². The van der Waals surface area contributed by atoms with Crippen LogP contribution < -0.4 is 15.4 Å². The van der Waals surface area contributed by atoms with E-state index in [2.05, 4.69) is 27.6 Å². The van der Waals surface area contributed by atoms with Crippen molar-refractivity contribution in [3.8, 4) is 5.75 Å². The van der Waals surface area contributed by atoms with Crippen LogP contribution in [-0.4, -0.2) is 57.2 Å². The molecule has 24 heavy (non-hydrogen) atoms. The minimum absolute atomic E-state index is 0.0441. The van der Waals surface area contributed by atoms with Gasteiger partial charge in [-0.1, -0.05) is 0 Å². The molecule has 0 spiro atoms. The number of ether oxygens (including phenoxy) is 1. The van der Waals surface area contributed by atoms with E-state index in [9.17, 15) is 4.39 Å². The van der Waals surface area contributed by atoms with Gasteiger partial charge in [-0.3, -0.25) is 4.99 Å². The Balaban J connectivity index is 1.67. The largest absolute Gasteiger partial charge is 0.489 e. The number of nitrogens with one attached hydrogen (secondary N) is 2. The summed E-state index contributed by atoms with van der Waals surface area (Å²) in [4.78, 5) is 6.63. The molecule has 1 aromatic rings. The molecule has 1 aliphatic heterocycles. The molecule has 5 nitrogen and oxygen atoms in total. The highest BCUT2D eigenvalue weighted by Crippen LogP contribution is 2.15. The average Bonchev–Trinajstić information content (AvgIpc) is 2.58. The Morgan fingerprint density at radius 2 is 1.96 bits per heavy atom.